The van der Waals surface area contributed by atoms with Crippen LogP contribution < -0.4 is 5.73 Å². The predicted molar refractivity (Wildman–Crippen MR) is 81.1 cm³/mol. The molecule has 0 aromatic heterocycles. The Labute approximate surface area is 123 Å². The van der Waals surface area contributed by atoms with Gasteiger partial charge >= 0.3 is 0 Å². The predicted octanol–water partition coefficient (Wildman–Crippen LogP) is 2.79. The normalized spacial score (nSPS) is 36.7. The Bertz CT molecular complexity index is 339. The van der Waals surface area contributed by atoms with Crippen LogP contribution in [0.2, 0.25) is 0 Å². The Morgan fingerprint density at radius 1 is 1.15 bits per heavy atom. The molecule has 3 aliphatic rings. The van der Waals surface area contributed by atoms with Crippen molar-refractivity contribution in [3.63, 3.8) is 0 Å². The van der Waals surface area contributed by atoms with Crippen molar-refractivity contribution in [2.75, 3.05) is 13.1 Å². The van der Waals surface area contributed by atoms with E-state index < -0.39 is 0 Å². The first-order valence-corrected chi connectivity index (χ1v) is 8.73. The van der Waals surface area contributed by atoms with Gasteiger partial charge in [-0.05, 0) is 62.7 Å². The zero-order valence-corrected chi connectivity index (χ0v) is 12.9. The molecule has 3 heteroatoms. The van der Waals surface area contributed by atoms with Crippen LogP contribution in [0.4, 0.5) is 0 Å². The van der Waals surface area contributed by atoms with Crippen LogP contribution in [0.3, 0.4) is 0 Å². The topological polar surface area (TPSA) is 46.3 Å². The lowest BCUT2D eigenvalue weighted by atomic mass is 9.65. The van der Waals surface area contributed by atoms with Gasteiger partial charge in [0.2, 0.25) is 5.91 Å². The van der Waals surface area contributed by atoms with Crippen molar-refractivity contribution in [2.45, 2.75) is 64.3 Å². The molecule has 0 aromatic rings. The molecule has 2 bridgehead atoms. The molecule has 0 aliphatic heterocycles. The first-order valence-electron chi connectivity index (χ1n) is 8.73. The van der Waals surface area contributed by atoms with E-state index in [1.165, 1.54) is 32.1 Å². The van der Waals surface area contributed by atoms with Crippen LogP contribution in [0.1, 0.15) is 58.3 Å². The Hall–Kier alpha value is -0.570. The largest absolute Gasteiger partial charge is 0.342 e. The molecular weight excluding hydrogens is 248 g/mol. The number of rotatable bonds is 5. The third kappa shape index (κ3) is 3.03. The molecule has 3 fully saturated rings. The summed E-state index contributed by atoms with van der Waals surface area (Å²) in [6, 6.07) is 0.371. The van der Waals surface area contributed by atoms with Crippen LogP contribution in [0, 0.1) is 23.7 Å². The average molecular weight is 278 g/mol. The quantitative estimate of drug-likeness (QED) is 0.840. The van der Waals surface area contributed by atoms with Crippen LogP contribution in [-0.4, -0.2) is 29.9 Å². The highest BCUT2D eigenvalue weighted by molar-refractivity contribution is 5.79. The van der Waals surface area contributed by atoms with Crippen LogP contribution >= 0.6 is 0 Å². The van der Waals surface area contributed by atoms with E-state index in [2.05, 4.69) is 11.8 Å². The molecule has 3 rings (SSSR count). The van der Waals surface area contributed by atoms with Crippen molar-refractivity contribution in [3.05, 3.63) is 0 Å². The van der Waals surface area contributed by atoms with E-state index in [4.69, 9.17) is 5.73 Å². The Balaban J connectivity index is 1.63. The van der Waals surface area contributed by atoms with Gasteiger partial charge in [0.25, 0.3) is 0 Å². The highest BCUT2D eigenvalue weighted by Crippen LogP contribution is 2.42. The minimum atomic E-state index is 0.274. The maximum Gasteiger partial charge on any atom is 0.225 e. The van der Waals surface area contributed by atoms with Crippen molar-refractivity contribution in [1.29, 1.82) is 0 Å². The molecule has 0 spiro atoms. The molecule has 3 saturated carbocycles. The Morgan fingerprint density at radius 3 is 2.35 bits per heavy atom. The van der Waals surface area contributed by atoms with E-state index in [1.54, 1.807) is 0 Å². The highest BCUT2D eigenvalue weighted by atomic mass is 16.2. The van der Waals surface area contributed by atoms with E-state index >= 15 is 0 Å². The summed E-state index contributed by atoms with van der Waals surface area (Å²) in [6.07, 6.45) is 9.67. The number of nitrogens with two attached hydrogens (primary N) is 1. The zero-order chi connectivity index (χ0) is 14.1. The molecule has 2 unspecified atom stereocenters. The van der Waals surface area contributed by atoms with Gasteiger partial charge in [0.15, 0.2) is 0 Å². The summed E-state index contributed by atoms with van der Waals surface area (Å²) in [7, 11) is 0. The van der Waals surface area contributed by atoms with Gasteiger partial charge in [-0.15, -0.1) is 0 Å². The summed E-state index contributed by atoms with van der Waals surface area (Å²) in [5.74, 6) is 2.75. The van der Waals surface area contributed by atoms with Crippen molar-refractivity contribution in [3.8, 4) is 0 Å². The number of carbonyl (C=O) groups is 1. The Morgan fingerprint density at radius 2 is 1.80 bits per heavy atom. The lowest BCUT2D eigenvalue weighted by molar-refractivity contribution is -0.139. The second kappa shape index (κ2) is 6.05. The molecule has 3 aliphatic carbocycles. The van der Waals surface area contributed by atoms with Crippen LogP contribution in [-0.2, 0) is 4.79 Å². The van der Waals surface area contributed by atoms with Crippen molar-refractivity contribution in [1.82, 2.24) is 4.90 Å². The van der Waals surface area contributed by atoms with Crippen molar-refractivity contribution in [2.24, 2.45) is 29.4 Å². The van der Waals surface area contributed by atoms with Gasteiger partial charge in [0, 0.05) is 25.0 Å². The van der Waals surface area contributed by atoms with E-state index in [-0.39, 0.29) is 5.92 Å². The number of carbonyl (C=O) groups excluding carboxylic acids is 1. The molecule has 2 atom stereocenters. The summed E-state index contributed by atoms with van der Waals surface area (Å²) in [4.78, 5) is 15.0. The number of hydrogen-bond donors (Lipinski definition) is 1. The van der Waals surface area contributed by atoms with Gasteiger partial charge in [-0.3, -0.25) is 4.79 Å². The molecular formula is C17H30N2O. The second-order valence-electron chi connectivity index (χ2n) is 7.42. The SMILES string of the molecule is CCCN(CC1CC1)C(=O)C1CC2CCCC(C1)C2N. The number of nitrogens with zero attached hydrogens (tertiary/aromatic N) is 1. The summed E-state index contributed by atoms with van der Waals surface area (Å²) in [5, 5.41) is 0. The lowest BCUT2D eigenvalue weighted by Crippen LogP contribution is -2.50. The van der Waals surface area contributed by atoms with Gasteiger partial charge in [-0.25, -0.2) is 0 Å². The van der Waals surface area contributed by atoms with Gasteiger partial charge in [-0.1, -0.05) is 13.3 Å². The fourth-order valence-corrected chi connectivity index (χ4v) is 4.42. The highest BCUT2D eigenvalue weighted by Gasteiger charge is 2.42. The summed E-state index contributed by atoms with van der Waals surface area (Å²) in [5.41, 5.74) is 6.35. The van der Waals surface area contributed by atoms with E-state index in [9.17, 15) is 4.79 Å². The van der Waals surface area contributed by atoms with E-state index in [0.29, 0.717) is 23.8 Å². The fraction of sp³-hybridized carbons (Fsp3) is 0.941. The number of amides is 1. The molecule has 20 heavy (non-hydrogen) atoms. The molecule has 0 aromatic carbocycles. The van der Waals surface area contributed by atoms with Crippen LogP contribution in [0.5, 0.6) is 0 Å². The number of fused-ring (bicyclic) bond motifs is 2. The average Bonchev–Trinajstić information content (AvgIpc) is 3.21. The first-order chi connectivity index (χ1) is 9.69. The molecule has 114 valence electrons. The maximum absolute atomic E-state index is 12.9. The van der Waals surface area contributed by atoms with E-state index in [1.807, 2.05) is 0 Å². The van der Waals surface area contributed by atoms with Crippen LogP contribution in [0.15, 0.2) is 0 Å². The summed E-state index contributed by atoms with van der Waals surface area (Å²) >= 11 is 0. The third-order valence-electron chi connectivity index (χ3n) is 5.74. The van der Waals surface area contributed by atoms with Crippen molar-refractivity contribution < 1.29 is 4.79 Å². The molecule has 1 amide bonds. The zero-order valence-electron chi connectivity index (χ0n) is 12.9. The summed E-state index contributed by atoms with van der Waals surface area (Å²) in [6.45, 7) is 4.15. The smallest absolute Gasteiger partial charge is 0.225 e. The fourth-order valence-electron chi connectivity index (χ4n) is 4.42. The maximum atomic E-state index is 12.9. The van der Waals surface area contributed by atoms with Crippen molar-refractivity contribution >= 4 is 5.91 Å². The van der Waals surface area contributed by atoms with E-state index in [0.717, 1.165) is 38.3 Å². The molecule has 2 N–H and O–H groups in total. The number of hydrogen-bond acceptors (Lipinski definition) is 2. The van der Waals surface area contributed by atoms with Gasteiger partial charge < -0.3 is 10.6 Å². The van der Waals surface area contributed by atoms with Crippen LogP contribution in [0.25, 0.3) is 0 Å². The standard InChI is InChI=1S/C17H30N2O/c1-2-8-19(11-12-6-7-12)17(20)15-9-13-4-3-5-14(10-15)16(13)18/h12-16H,2-11,18H2,1H3. The molecule has 3 nitrogen and oxygen atoms in total. The van der Waals surface area contributed by atoms with Gasteiger partial charge in [0.05, 0.1) is 0 Å². The molecule has 0 heterocycles. The first kappa shape index (κ1) is 14.4. The monoisotopic (exact) mass is 278 g/mol. The Kier molecular flexibility index (Phi) is 4.34. The minimum absolute atomic E-state index is 0.274. The minimum Gasteiger partial charge on any atom is -0.342 e. The van der Waals surface area contributed by atoms with Gasteiger partial charge in [-0.2, -0.15) is 0 Å². The molecule has 0 radical (unpaired) electrons. The van der Waals surface area contributed by atoms with Gasteiger partial charge in [0.1, 0.15) is 0 Å². The molecule has 0 saturated heterocycles. The second-order valence-corrected chi connectivity index (χ2v) is 7.42. The third-order valence-corrected chi connectivity index (χ3v) is 5.74. The lowest BCUT2D eigenvalue weighted by Gasteiger charge is -2.44. The summed E-state index contributed by atoms with van der Waals surface area (Å²) < 4.78 is 0.